The third-order valence-corrected chi connectivity index (χ3v) is 4.96. The Hall–Kier alpha value is -1.63. The van der Waals surface area contributed by atoms with E-state index in [9.17, 15) is 14.7 Å². The number of nitrogens with one attached hydrogen (secondary N) is 2. The summed E-state index contributed by atoms with van der Waals surface area (Å²) in [5, 5.41) is 15.3. The van der Waals surface area contributed by atoms with Crippen molar-refractivity contribution in [2.45, 2.75) is 57.9 Å². The lowest BCUT2D eigenvalue weighted by atomic mass is 9.90. The quantitative estimate of drug-likeness (QED) is 0.748. The summed E-state index contributed by atoms with van der Waals surface area (Å²) in [5.74, 6) is -0.953. The Bertz CT molecular complexity index is 514. The molecule has 1 aliphatic carbocycles. The highest BCUT2D eigenvalue weighted by Crippen LogP contribution is 2.28. The van der Waals surface area contributed by atoms with Crippen LogP contribution < -0.4 is 10.6 Å². The smallest absolute Gasteiger partial charge is 0.329 e. The van der Waals surface area contributed by atoms with E-state index >= 15 is 0 Å². The summed E-state index contributed by atoms with van der Waals surface area (Å²) in [6.45, 7) is 3.80. The highest BCUT2D eigenvalue weighted by atomic mass is 32.1. The maximum atomic E-state index is 12.1. The molecule has 0 atom stereocenters. The number of hydrogen-bond acceptors (Lipinski definition) is 4. The molecule has 1 heterocycles. The number of aryl methyl sites for hydroxylation is 2. The van der Waals surface area contributed by atoms with Gasteiger partial charge in [0.1, 0.15) is 5.54 Å². The molecule has 0 saturated heterocycles. The predicted octanol–water partition coefficient (Wildman–Crippen LogP) is 3.06. The van der Waals surface area contributed by atoms with Crippen LogP contribution in [0.2, 0.25) is 0 Å². The van der Waals surface area contributed by atoms with Gasteiger partial charge in [-0.05, 0) is 26.7 Å². The average Bonchev–Trinajstić information content (AvgIpc) is 2.62. The first-order valence-electron chi connectivity index (χ1n) is 7.19. The largest absolute Gasteiger partial charge is 0.480 e. The van der Waals surface area contributed by atoms with Crippen LogP contribution >= 0.6 is 11.3 Å². The first-order valence-corrected chi connectivity index (χ1v) is 8.01. The van der Waals surface area contributed by atoms with Crippen molar-refractivity contribution in [3.8, 4) is 0 Å². The van der Waals surface area contributed by atoms with E-state index in [4.69, 9.17) is 0 Å². The minimum absolute atomic E-state index is 0.478. The lowest BCUT2D eigenvalue weighted by Gasteiger charge is -2.29. The second kappa shape index (κ2) is 6.43. The molecule has 0 bridgehead atoms. The molecule has 1 aliphatic rings. The van der Waals surface area contributed by atoms with E-state index in [0.717, 1.165) is 36.3 Å². The fraction of sp³-hybridized carbons (Fsp3) is 0.643. The number of carbonyl (C=O) groups is 2. The molecule has 0 aliphatic heterocycles. The van der Waals surface area contributed by atoms with E-state index < -0.39 is 17.5 Å². The van der Waals surface area contributed by atoms with Crippen molar-refractivity contribution in [3.63, 3.8) is 0 Å². The van der Waals surface area contributed by atoms with E-state index in [0.29, 0.717) is 18.0 Å². The van der Waals surface area contributed by atoms with Gasteiger partial charge in [-0.15, -0.1) is 11.3 Å². The van der Waals surface area contributed by atoms with Crippen LogP contribution in [0.15, 0.2) is 0 Å². The van der Waals surface area contributed by atoms with Crippen LogP contribution in [0.4, 0.5) is 9.93 Å². The van der Waals surface area contributed by atoms with Gasteiger partial charge in [0.05, 0.1) is 5.69 Å². The zero-order valence-electron chi connectivity index (χ0n) is 12.4. The average molecular weight is 311 g/mol. The topological polar surface area (TPSA) is 91.3 Å². The van der Waals surface area contributed by atoms with E-state index in [-0.39, 0.29) is 0 Å². The van der Waals surface area contributed by atoms with Crippen molar-refractivity contribution < 1.29 is 14.7 Å². The Kier molecular flexibility index (Phi) is 4.82. The molecule has 0 aromatic carbocycles. The van der Waals surface area contributed by atoms with Crippen LogP contribution in [0, 0.1) is 13.8 Å². The number of carboxylic acids is 1. The van der Waals surface area contributed by atoms with Gasteiger partial charge in [-0.3, -0.25) is 5.32 Å². The summed E-state index contributed by atoms with van der Waals surface area (Å²) in [6, 6.07) is -0.493. The molecular formula is C14H21N3O3S. The van der Waals surface area contributed by atoms with E-state index in [1.165, 1.54) is 11.3 Å². The van der Waals surface area contributed by atoms with Crippen LogP contribution in [0.1, 0.15) is 49.1 Å². The number of anilines is 1. The van der Waals surface area contributed by atoms with Gasteiger partial charge in [-0.2, -0.15) is 0 Å². The van der Waals surface area contributed by atoms with Gasteiger partial charge in [-0.1, -0.05) is 25.7 Å². The van der Waals surface area contributed by atoms with Gasteiger partial charge in [0.25, 0.3) is 0 Å². The summed E-state index contributed by atoms with van der Waals surface area (Å²) in [6.07, 6.45) is 4.63. The summed E-state index contributed by atoms with van der Waals surface area (Å²) in [5.41, 5.74) is -0.278. The molecule has 1 aromatic rings. The Balaban J connectivity index is 2.05. The van der Waals surface area contributed by atoms with Crippen LogP contribution in [-0.2, 0) is 4.79 Å². The number of aliphatic carboxylic acids is 1. The molecule has 1 saturated carbocycles. The van der Waals surface area contributed by atoms with E-state index in [1.807, 2.05) is 13.8 Å². The molecule has 1 fully saturated rings. The first-order chi connectivity index (χ1) is 9.93. The van der Waals surface area contributed by atoms with Crippen LogP contribution in [0.3, 0.4) is 0 Å². The van der Waals surface area contributed by atoms with Gasteiger partial charge < -0.3 is 10.4 Å². The van der Waals surface area contributed by atoms with Crippen LogP contribution in [0.25, 0.3) is 0 Å². The number of urea groups is 1. The normalized spacial score (nSPS) is 17.8. The maximum absolute atomic E-state index is 12.1. The molecule has 2 amide bonds. The maximum Gasteiger partial charge on any atom is 0.329 e. The van der Waals surface area contributed by atoms with Crippen LogP contribution in [0.5, 0.6) is 0 Å². The van der Waals surface area contributed by atoms with E-state index in [1.54, 1.807) is 0 Å². The number of carbonyl (C=O) groups excluding carboxylic acids is 1. The molecule has 2 rings (SSSR count). The third kappa shape index (κ3) is 3.72. The van der Waals surface area contributed by atoms with Gasteiger partial charge in [0.15, 0.2) is 5.13 Å². The Morgan fingerprint density at radius 3 is 2.29 bits per heavy atom. The molecule has 0 spiro atoms. The zero-order chi connectivity index (χ0) is 15.5. The predicted molar refractivity (Wildman–Crippen MR) is 81.8 cm³/mol. The lowest BCUT2D eigenvalue weighted by molar-refractivity contribution is -0.145. The highest BCUT2D eigenvalue weighted by molar-refractivity contribution is 7.15. The van der Waals surface area contributed by atoms with Gasteiger partial charge >= 0.3 is 12.0 Å². The Morgan fingerprint density at radius 2 is 1.81 bits per heavy atom. The number of aromatic nitrogens is 1. The molecule has 1 aromatic heterocycles. The summed E-state index contributed by atoms with van der Waals surface area (Å²) in [7, 11) is 0. The number of hydrogen-bond donors (Lipinski definition) is 3. The standard InChI is InChI=1S/C14H21N3O3S/c1-9-10(2)21-13(15-9)16-12(20)17-14(11(18)19)7-5-3-4-6-8-14/h3-8H2,1-2H3,(H,18,19)(H2,15,16,17,20). The number of carboxylic acid groups (broad SMARTS) is 1. The molecule has 3 N–H and O–H groups in total. The minimum Gasteiger partial charge on any atom is -0.480 e. The SMILES string of the molecule is Cc1nc(NC(=O)NC2(C(=O)O)CCCCCC2)sc1C. The summed E-state index contributed by atoms with van der Waals surface area (Å²) in [4.78, 5) is 29.0. The summed E-state index contributed by atoms with van der Waals surface area (Å²) >= 11 is 1.39. The van der Waals surface area contributed by atoms with Gasteiger partial charge in [0.2, 0.25) is 0 Å². The highest BCUT2D eigenvalue weighted by Gasteiger charge is 2.40. The molecular weight excluding hydrogens is 290 g/mol. The first kappa shape index (κ1) is 15.8. The lowest BCUT2D eigenvalue weighted by Crippen LogP contribution is -2.55. The molecule has 116 valence electrons. The third-order valence-electron chi connectivity index (χ3n) is 3.97. The van der Waals surface area contributed by atoms with Crippen molar-refractivity contribution in [1.29, 1.82) is 0 Å². The number of rotatable bonds is 3. The van der Waals surface area contributed by atoms with Crippen molar-refractivity contribution >= 4 is 28.5 Å². The van der Waals surface area contributed by atoms with Crippen molar-refractivity contribution in [2.75, 3.05) is 5.32 Å². The molecule has 0 unspecified atom stereocenters. The Labute approximate surface area is 128 Å². The number of nitrogens with zero attached hydrogens (tertiary/aromatic N) is 1. The number of amides is 2. The van der Waals surface area contributed by atoms with E-state index in [2.05, 4.69) is 15.6 Å². The molecule has 7 heteroatoms. The monoisotopic (exact) mass is 311 g/mol. The fourth-order valence-corrected chi connectivity index (χ4v) is 3.41. The molecule has 21 heavy (non-hydrogen) atoms. The fourth-order valence-electron chi connectivity index (χ4n) is 2.60. The molecule has 6 nitrogen and oxygen atoms in total. The van der Waals surface area contributed by atoms with Crippen LogP contribution in [-0.4, -0.2) is 27.6 Å². The van der Waals surface area contributed by atoms with Crippen molar-refractivity contribution in [1.82, 2.24) is 10.3 Å². The second-order valence-corrected chi connectivity index (χ2v) is 6.74. The van der Waals surface area contributed by atoms with Gasteiger partial charge in [-0.25, -0.2) is 14.6 Å². The zero-order valence-corrected chi connectivity index (χ0v) is 13.2. The number of thiazole rings is 1. The van der Waals surface area contributed by atoms with Gasteiger partial charge in [0, 0.05) is 4.88 Å². The summed E-state index contributed by atoms with van der Waals surface area (Å²) < 4.78 is 0. The second-order valence-electron chi connectivity index (χ2n) is 5.54. The minimum atomic E-state index is -1.15. The van der Waals surface area contributed by atoms with Crippen molar-refractivity contribution in [2.24, 2.45) is 0 Å². The Morgan fingerprint density at radius 1 is 1.19 bits per heavy atom. The molecule has 0 radical (unpaired) electrons. The van der Waals surface area contributed by atoms with Crippen molar-refractivity contribution in [3.05, 3.63) is 10.6 Å².